The van der Waals surface area contributed by atoms with Crippen molar-refractivity contribution in [1.82, 2.24) is 0 Å². The van der Waals surface area contributed by atoms with Crippen molar-refractivity contribution in [2.45, 2.75) is 0 Å². The number of nitrogens with zero attached hydrogens (tertiary/aromatic N) is 3. The monoisotopic (exact) mass is 895 g/mol. The summed E-state index contributed by atoms with van der Waals surface area (Å²) in [4.78, 5) is 7.20. The van der Waals surface area contributed by atoms with Gasteiger partial charge < -0.3 is 19.1 Å². The Morgan fingerprint density at radius 1 is 0.229 bits per heavy atom. The maximum absolute atomic E-state index is 6.31. The molecule has 13 aromatic rings. The highest BCUT2D eigenvalue weighted by Crippen LogP contribution is 2.48. The number of furan rings is 1. The fraction of sp³-hybridized carbons (Fsp3) is 0. The third kappa shape index (κ3) is 7.27. The molecule has 0 saturated heterocycles. The third-order valence-corrected chi connectivity index (χ3v) is 13.5. The molecule has 12 aromatic carbocycles. The van der Waals surface area contributed by atoms with Crippen LogP contribution in [0.25, 0.3) is 65.4 Å². The van der Waals surface area contributed by atoms with E-state index in [0.717, 1.165) is 95.0 Å². The van der Waals surface area contributed by atoms with E-state index in [9.17, 15) is 0 Å². The highest BCUT2D eigenvalue weighted by atomic mass is 16.3. The summed E-state index contributed by atoms with van der Waals surface area (Å²) in [7, 11) is 0. The van der Waals surface area contributed by atoms with E-state index in [1.54, 1.807) is 0 Å². The van der Waals surface area contributed by atoms with Crippen molar-refractivity contribution in [3.8, 4) is 11.1 Å². The Labute approximate surface area is 406 Å². The molecule has 0 aliphatic heterocycles. The third-order valence-electron chi connectivity index (χ3n) is 13.5. The van der Waals surface area contributed by atoms with Gasteiger partial charge in [0, 0.05) is 61.4 Å². The van der Waals surface area contributed by atoms with Crippen LogP contribution in [-0.2, 0) is 0 Å². The molecule has 0 atom stereocenters. The molecule has 0 radical (unpaired) electrons. The van der Waals surface area contributed by atoms with Gasteiger partial charge in [0.15, 0.2) is 0 Å². The molecule has 0 bridgehead atoms. The summed E-state index contributed by atoms with van der Waals surface area (Å²) >= 11 is 0. The zero-order valence-corrected chi connectivity index (χ0v) is 38.2. The molecule has 0 aliphatic carbocycles. The Morgan fingerprint density at radius 3 is 1.46 bits per heavy atom. The smallest absolute Gasteiger partial charge is 0.135 e. The van der Waals surface area contributed by atoms with Crippen molar-refractivity contribution in [3.63, 3.8) is 0 Å². The molecule has 0 fully saturated rings. The Hall–Kier alpha value is -9.38. The van der Waals surface area contributed by atoms with Gasteiger partial charge in [0.25, 0.3) is 0 Å². The molecule has 4 nitrogen and oxygen atoms in total. The Balaban J connectivity index is 1.06. The van der Waals surface area contributed by atoms with E-state index in [4.69, 9.17) is 4.42 Å². The summed E-state index contributed by atoms with van der Waals surface area (Å²) in [5.41, 5.74) is 13.6. The average molecular weight is 896 g/mol. The number of fused-ring (bicyclic) bond motifs is 6. The number of rotatable bonds is 10. The number of para-hydroxylation sites is 4. The molecule has 1 heterocycles. The quantitative estimate of drug-likeness (QED) is 0.136. The second kappa shape index (κ2) is 17.4. The maximum atomic E-state index is 6.31. The van der Waals surface area contributed by atoms with E-state index in [2.05, 4.69) is 276 Å². The highest BCUT2D eigenvalue weighted by Gasteiger charge is 2.23. The van der Waals surface area contributed by atoms with Crippen LogP contribution in [0, 0.1) is 0 Å². The van der Waals surface area contributed by atoms with Gasteiger partial charge in [0.05, 0.1) is 11.4 Å². The number of hydrogen-bond donors (Lipinski definition) is 0. The summed E-state index contributed by atoms with van der Waals surface area (Å²) in [6, 6.07) is 98.2. The van der Waals surface area contributed by atoms with Crippen molar-refractivity contribution < 1.29 is 4.42 Å². The number of hydrogen-bond acceptors (Lipinski definition) is 4. The molecule has 4 heteroatoms. The Kier molecular flexibility index (Phi) is 10.1. The van der Waals surface area contributed by atoms with E-state index in [0.29, 0.717) is 0 Å². The van der Waals surface area contributed by atoms with Crippen molar-refractivity contribution in [3.05, 3.63) is 273 Å². The van der Waals surface area contributed by atoms with Gasteiger partial charge in [-0.1, -0.05) is 170 Å². The van der Waals surface area contributed by atoms with Crippen LogP contribution < -0.4 is 14.7 Å². The van der Waals surface area contributed by atoms with Crippen LogP contribution in [0.15, 0.2) is 277 Å². The zero-order valence-electron chi connectivity index (χ0n) is 38.2. The summed E-state index contributed by atoms with van der Waals surface area (Å²) in [5, 5.41) is 9.21. The van der Waals surface area contributed by atoms with Gasteiger partial charge in [-0.05, 0) is 136 Å². The molecule has 70 heavy (non-hydrogen) atoms. The SMILES string of the molecule is c1ccc(N(c2cc(-c3cccc4c(N(c5ccccc5)c5ccc6oc7ccccc7c6c5)cccc34)cc(N(c3ccccc3)c3cccc4ccccc34)c2)c2ccc3ccccc3c2)cc1. The lowest BCUT2D eigenvalue weighted by molar-refractivity contribution is 0.669. The minimum absolute atomic E-state index is 0.870. The predicted molar refractivity (Wildman–Crippen MR) is 296 cm³/mol. The molecule has 0 unspecified atom stereocenters. The molecular weight excluding hydrogens is 851 g/mol. The van der Waals surface area contributed by atoms with Crippen LogP contribution in [0.1, 0.15) is 0 Å². The standard InChI is InChI=1S/C66H45N3O/c1-4-23-50(24-5-1)67(53-38-37-46-19-10-11-21-48(46)41-53)55-42-49(43-56(44-55)69(52-27-8-3-9-28-52)63-34-16-22-47-20-12-13-29-58(47)63)57-31-17-33-60-59(57)32-18-35-64(60)68(51-25-6-2-7-26-51)54-39-40-66-62(45-54)61-30-14-15-36-65(61)70-66/h1-45H. The topological polar surface area (TPSA) is 22.9 Å². The molecule has 330 valence electrons. The van der Waals surface area contributed by atoms with Crippen LogP contribution in [0.4, 0.5) is 51.2 Å². The summed E-state index contributed by atoms with van der Waals surface area (Å²) in [6.07, 6.45) is 0. The Bertz CT molecular complexity index is 4030. The Morgan fingerprint density at radius 2 is 0.714 bits per heavy atom. The van der Waals surface area contributed by atoms with E-state index in [-0.39, 0.29) is 0 Å². The van der Waals surface area contributed by atoms with Crippen LogP contribution in [0.3, 0.4) is 0 Å². The molecule has 1 aromatic heterocycles. The molecular formula is C66H45N3O. The van der Waals surface area contributed by atoms with Crippen molar-refractivity contribution in [2.75, 3.05) is 14.7 Å². The minimum Gasteiger partial charge on any atom is -0.456 e. The van der Waals surface area contributed by atoms with Gasteiger partial charge in [0.1, 0.15) is 11.2 Å². The van der Waals surface area contributed by atoms with E-state index in [1.165, 1.54) is 21.5 Å². The first-order chi connectivity index (χ1) is 34.7. The molecule has 13 rings (SSSR count). The van der Waals surface area contributed by atoms with Gasteiger partial charge >= 0.3 is 0 Å². The van der Waals surface area contributed by atoms with Crippen LogP contribution in [0.5, 0.6) is 0 Å². The van der Waals surface area contributed by atoms with Gasteiger partial charge in [-0.2, -0.15) is 0 Å². The lowest BCUT2D eigenvalue weighted by Crippen LogP contribution is -2.14. The van der Waals surface area contributed by atoms with Gasteiger partial charge in [-0.15, -0.1) is 0 Å². The lowest BCUT2D eigenvalue weighted by atomic mass is 9.95. The van der Waals surface area contributed by atoms with Crippen LogP contribution in [0.2, 0.25) is 0 Å². The van der Waals surface area contributed by atoms with Crippen molar-refractivity contribution in [2.24, 2.45) is 0 Å². The maximum Gasteiger partial charge on any atom is 0.135 e. The normalized spacial score (nSPS) is 11.4. The fourth-order valence-corrected chi connectivity index (χ4v) is 10.4. The second-order valence-electron chi connectivity index (χ2n) is 17.7. The van der Waals surface area contributed by atoms with E-state index < -0.39 is 0 Å². The van der Waals surface area contributed by atoms with Gasteiger partial charge in [-0.3, -0.25) is 0 Å². The minimum atomic E-state index is 0.870. The van der Waals surface area contributed by atoms with Crippen LogP contribution >= 0.6 is 0 Å². The van der Waals surface area contributed by atoms with Crippen molar-refractivity contribution in [1.29, 1.82) is 0 Å². The molecule has 0 saturated carbocycles. The number of anilines is 9. The molecule has 0 N–H and O–H groups in total. The first-order valence-corrected chi connectivity index (χ1v) is 23.8. The summed E-state index contributed by atoms with van der Waals surface area (Å²) < 4.78 is 6.31. The largest absolute Gasteiger partial charge is 0.456 e. The first kappa shape index (κ1) is 40.9. The lowest BCUT2D eigenvalue weighted by Gasteiger charge is -2.31. The van der Waals surface area contributed by atoms with Gasteiger partial charge in [0.2, 0.25) is 0 Å². The number of benzene rings is 12. The molecule has 0 aliphatic rings. The highest BCUT2D eigenvalue weighted by molar-refractivity contribution is 6.10. The molecule has 0 spiro atoms. The van der Waals surface area contributed by atoms with E-state index in [1.807, 2.05) is 12.1 Å². The van der Waals surface area contributed by atoms with Crippen molar-refractivity contribution >= 4 is 105 Å². The predicted octanol–water partition coefficient (Wildman–Crippen LogP) is 19.1. The average Bonchev–Trinajstić information content (AvgIpc) is 3.80. The van der Waals surface area contributed by atoms with E-state index >= 15 is 0 Å². The molecule has 0 amide bonds. The fourth-order valence-electron chi connectivity index (χ4n) is 10.4. The second-order valence-corrected chi connectivity index (χ2v) is 17.7. The summed E-state index contributed by atoms with van der Waals surface area (Å²) in [5.74, 6) is 0. The van der Waals surface area contributed by atoms with Gasteiger partial charge in [-0.25, -0.2) is 0 Å². The summed E-state index contributed by atoms with van der Waals surface area (Å²) in [6.45, 7) is 0. The first-order valence-electron chi connectivity index (χ1n) is 23.8. The van der Waals surface area contributed by atoms with Crippen LogP contribution in [-0.4, -0.2) is 0 Å². The zero-order chi connectivity index (χ0) is 46.4.